The van der Waals surface area contributed by atoms with Gasteiger partial charge in [0.05, 0.1) is 18.7 Å². The molecule has 96 valence electrons. The lowest BCUT2D eigenvalue weighted by atomic mass is 10.2. The molecule has 2 atom stereocenters. The number of ether oxygens (including phenoxy) is 1. The molecule has 1 N–H and O–H groups in total. The van der Waals surface area contributed by atoms with Crippen molar-refractivity contribution in [3.8, 4) is 0 Å². The van der Waals surface area contributed by atoms with Gasteiger partial charge in [-0.15, -0.1) is 5.10 Å². The van der Waals surface area contributed by atoms with Crippen molar-refractivity contribution in [3.05, 3.63) is 5.82 Å². The van der Waals surface area contributed by atoms with Crippen LogP contribution >= 0.6 is 11.8 Å². The fourth-order valence-electron chi connectivity index (χ4n) is 1.93. The Bertz CT molecular complexity index is 339. The van der Waals surface area contributed by atoms with Crippen molar-refractivity contribution in [1.82, 2.24) is 25.5 Å². The van der Waals surface area contributed by atoms with E-state index >= 15 is 0 Å². The molecule has 0 spiro atoms. The molecule has 0 bridgehead atoms. The molecule has 6 nitrogen and oxygen atoms in total. The van der Waals surface area contributed by atoms with Gasteiger partial charge in [0.15, 0.2) is 5.82 Å². The molecule has 2 unspecified atom stereocenters. The summed E-state index contributed by atoms with van der Waals surface area (Å²) in [6.07, 6.45) is 1.16. The van der Waals surface area contributed by atoms with Crippen LogP contribution in [-0.2, 0) is 4.74 Å². The van der Waals surface area contributed by atoms with Crippen molar-refractivity contribution in [3.63, 3.8) is 0 Å². The van der Waals surface area contributed by atoms with Crippen LogP contribution < -0.4 is 5.32 Å². The zero-order valence-electron chi connectivity index (χ0n) is 10.3. The van der Waals surface area contributed by atoms with Gasteiger partial charge in [-0.2, -0.15) is 11.8 Å². The van der Waals surface area contributed by atoms with E-state index in [1.54, 1.807) is 7.11 Å². The minimum Gasteiger partial charge on any atom is -0.383 e. The maximum Gasteiger partial charge on any atom is 0.168 e. The van der Waals surface area contributed by atoms with Crippen LogP contribution in [0.4, 0.5) is 0 Å². The molecule has 0 aromatic carbocycles. The third kappa shape index (κ3) is 3.17. The molecule has 1 saturated heterocycles. The summed E-state index contributed by atoms with van der Waals surface area (Å²) in [5.74, 6) is 3.24. The van der Waals surface area contributed by atoms with Crippen molar-refractivity contribution in [2.24, 2.45) is 0 Å². The second kappa shape index (κ2) is 6.32. The topological polar surface area (TPSA) is 64.9 Å². The number of rotatable bonds is 6. The minimum atomic E-state index is 0.158. The lowest BCUT2D eigenvalue weighted by molar-refractivity contribution is 0.195. The quantitative estimate of drug-likeness (QED) is 0.755. The van der Waals surface area contributed by atoms with Crippen LogP contribution in [-0.4, -0.2) is 52.0 Å². The van der Waals surface area contributed by atoms with Crippen molar-refractivity contribution in [2.75, 3.05) is 31.8 Å². The van der Waals surface area contributed by atoms with E-state index in [1.165, 1.54) is 5.75 Å². The summed E-state index contributed by atoms with van der Waals surface area (Å²) in [6.45, 7) is 3.59. The number of aromatic nitrogens is 4. The number of thioether (sulfide) groups is 1. The molecule has 2 rings (SSSR count). The smallest absolute Gasteiger partial charge is 0.168 e. The predicted molar refractivity (Wildman–Crippen MR) is 67.1 cm³/mol. The fourth-order valence-corrected chi connectivity index (χ4v) is 3.11. The lowest BCUT2D eigenvalue weighted by Gasteiger charge is -2.16. The number of nitrogens with one attached hydrogen (secondary N) is 1. The van der Waals surface area contributed by atoms with E-state index in [0.717, 1.165) is 24.5 Å². The van der Waals surface area contributed by atoms with Crippen LogP contribution in [0, 0.1) is 0 Å². The molecule has 0 saturated carbocycles. The first-order valence-electron chi connectivity index (χ1n) is 5.90. The van der Waals surface area contributed by atoms with Gasteiger partial charge in [-0.05, 0) is 29.5 Å². The molecule has 2 heterocycles. The Kier molecular flexibility index (Phi) is 4.75. The summed E-state index contributed by atoms with van der Waals surface area (Å²) < 4.78 is 6.99. The molecule has 1 aromatic heterocycles. The maximum absolute atomic E-state index is 5.02. The predicted octanol–water partition coefficient (Wildman–Crippen LogP) is 0.648. The second-order valence-corrected chi connectivity index (χ2v) is 5.32. The average Bonchev–Trinajstić information content (AvgIpc) is 2.99. The molecule has 0 radical (unpaired) electrons. The van der Waals surface area contributed by atoms with Crippen LogP contribution in [0.1, 0.15) is 31.3 Å². The van der Waals surface area contributed by atoms with Crippen LogP contribution in [0.2, 0.25) is 0 Å². The molecular weight excluding hydrogens is 238 g/mol. The summed E-state index contributed by atoms with van der Waals surface area (Å²) in [7, 11) is 1.70. The molecule has 1 aliphatic heterocycles. The van der Waals surface area contributed by atoms with Gasteiger partial charge >= 0.3 is 0 Å². The third-order valence-corrected chi connectivity index (χ3v) is 4.06. The molecule has 1 aliphatic rings. The highest BCUT2D eigenvalue weighted by Crippen LogP contribution is 2.28. The molecule has 1 aromatic rings. The normalized spacial score (nSPS) is 21.9. The molecule has 1 fully saturated rings. The van der Waals surface area contributed by atoms with Crippen molar-refractivity contribution < 1.29 is 4.74 Å². The number of hydrogen-bond acceptors (Lipinski definition) is 6. The fraction of sp³-hybridized carbons (Fsp3) is 0.900. The highest BCUT2D eigenvalue weighted by Gasteiger charge is 2.24. The van der Waals surface area contributed by atoms with E-state index in [2.05, 4.69) is 27.8 Å². The molecule has 0 amide bonds. The first-order valence-corrected chi connectivity index (χ1v) is 7.06. The zero-order valence-corrected chi connectivity index (χ0v) is 11.1. The minimum absolute atomic E-state index is 0.158. The van der Waals surface area contributed by atoms with Crippen LogP contribution in [0.5, 0.6) is 0 Å². The average molecular weight is 257 g/mol. The summed E-state index contributed by atoms with van der Waals surface area (Å²) in [5, 5.41) is 15.4. The SMILES string of the molecule is COCCNC(C)c1nnnn1C1CCSC1. The first-order chi connectivity index (χ1) is 8.33. The van der Waals surface area contributed by atoms with Crippen LogP contribution in [0.25, 0.3) is 0 Å². The van der Waals surface area contributed by atoms with E-state index in [0.29, 0.717) is 12.6 Å². The number of tetrazole rings is 1. The van der Waals surface area contributed by atoms with Gasteiger partial charge in [-0.25, -0.2) is 4.68 Å². The van der Waals surface area contributed by atoms with Crippen molar-refractivity contribution in [1.29, 1.82) is 0 Å². The monoisotopic (exact) mass is 257 g/mol. The van der Waals surface area contributed by atoms with Gasteiger partial charge < -0.3 is 10.1 Å². The molecule has 0 aliphatic carbocycles. The van der Waals surface area contributed by atoms with Gasteiger partial charge in [0.1, 0.15) is 0 Å². The van der Waals surface area contributed by atoms with Crippen molar-refractivity contribution in [2.45, 2.75) is 25.4 Å². The Morgan fingerprint density at radius 2 is 2.53 bits per heavy atom. The Hall–Kier alpha value is -0.660. The highest BCUT2D eigenvalue weighted by molar-refractivity contribution is 7.99. The van der Waals surface area contributed by atoms with Gasteiger partial charge in [0.2, 0.25) is 0 Å². The molecular formula is C10H19N5OS. The summed E-state index contributed by atoms with van der Waals surface area (Å²) in [5.41, 5.74) is 0. The Labute approximate surface area is 105 Å². The third-order valence-electron chi connectivity index (χ3n) is 2.91. The van der Waals surface area contributed by atoms with Crippen molar-refractivity contribution >= 4 is 11.8 Å². The number of hydrogen-bond donors (Lipinski definition) is 1. The Balaban J connectivity index is 1.97. The largest absolute Gasteiger partial charge is 0.383 e. The van der Waals surface area contributed by atoms with E-state index in [9.17, 15) is 0 Å². The van der Waals surface area contributed by atoms with Crippen LogP contribution in [0.15, 0.2) is 0 Å². The number of methoxy groups -OCH3 is 1. The van der Waals surface area contributed by atoms with E-state index in [-0.39, 0.29) is 6.04 Å². The summed E-state index contributed by atoms with van der Waals surface area (Å²) >= 11 is 1.97. The second-order valence-electron chi connectivity index (χ2n) is 4.17. The Morgan fingerprint density at radius 1 is 1.65 bits per heavy atom. The number of nitrogens with zero attached hydrogens (tertiary/aromatic N) is 4. The molecule has 7 heteroatoms. The van der Waals surface area contributed by atoms with Gasteiger partial charge in [0.25, 0.3) is 0 Å². The van der Waals surface area contributed by atoms with E-state index in [4.69, 9.17) is 4.74 Å². The summed E-state index contributed by atoms with van der Waals surface area (Å²) in [4.78, 5) is 0. The standard InChI is InChI=1S/C10H19N5OS/c1-8(11-4-5-16-2)10-12-13-14-15(10)9-3-6-17-7-9/h8-9,11H,3-7H2,1-2H3. The maximum atomic E-state index is 5.02. The Morgan fingerprint density at radius 3 is 3.24 bits per heavy atom. The van der Waals surface area contributed by atoms with Gasteiger partial charge in [0, 0.05) is 19.4 Å². The van der Waals surface area contributed by atoms with Gasteiger partial charge in [-0.3, -0.25) is 0 Å². The zero-order chi connectivity index (χ0) is 12.1. The van der Waals surface area contributed by atoms with Gasteiger partial charge in [-0.1, -0.05) is 0 Å². The molecule has 17 heavy (non-hydrogen) atoms. The highest BCUT2D eigenvalue weighted by atomic mass is 32.2. The first kappa shape index (κ1) is 12.8. The summed E-state index contributed by atoms with van der Waals surface area (Å²) in [6, 6.07) is 0.613. The lowest BCUT2D eigenvalue weighted by Crippen LogP contribution is -2.27. The van der Waals surface area contributed by atoms with E-state index < -0.39 is 0 Å². The van der Waals surface area contributed by atoms with E-state index in [1.807, 2.05) is 16.4 Å². The van der Waals surface area contributed by atoms with Crippen LogP contribution in [0.3, 0.4) is 0 Å².